The molecule has 142 valence electrons. The van der Waals surface area contributed by atoms with Crippen LogP contribution in [-0.2, 0) is 4.79 Å². The fourth-order valence-corrected chi connectivity index (χ4v) is 2.91. The predicted molar refractivity (Wildman–Crippen MR) is 98.6 cm³/mol. The summed E-state index contributed by atoms with van der Waals surface area (Å²) in [5.41, 5.74) is 0.995. The summed E-state index contributed by atoms with van der Waals surface area (Å²) in [6, 6.07) is 10.2. The molecule has 0 radical (unpaired) electrons. The molecule has 0 aliphatic carbocycles. The zero-order valence-corrected chi connectivity index (χ0v) is 15.1. The van der Waals surface area contributed by atoms with Gasteiger partial charge in [0.05, 0.1) is 0 Å². The van der Waals surface area contributed by atoms with Crippen molar-refractivity contribution in [3.63, 3.8) is 0 Å². The molecule has 2 heterocycles. The molecule has 0 saturated carbocycles. The topological polar surface area (TPSA) is 104 Å². The Balaban J connectivity index is 1.42. The molecule has 8 heteroatoms. The van der Waals surface area contributed by atoms with E-state index in [1.165, 1.54) is 12.1 Å². The summed E-state index contributed by atoms with van der Waals surface area (Å²) in [5.74, 6) is 0.256. The number of piperidine rings is 1. The quantitative estimate of drug-likeness (QED) is 0.813. The number of aromatic nitrogens is 2. The number of H-pyrrole nitrogens is 1. The van der Waals surface area contributed by atoms with Crippen LogP contribution in [0.4, 0.5) is 0 Å². The number of hydrogen-bond donors (Lipinski definition) is 2. The Hall–Kier alpha value is -3.16. The maximum Gasteiger partial charge on any atom is 0.274 e. The van der Waals surface area contributed by atoms with Gasteiger partial charge in [0.1, 0.15) is 11.4 Å². The molecule has 3 rings (SSSR count). The van der Waals surface area contributed by atoms with Gasteiger partial charge in [-0.2, -0.15) is 5.10 Å². The molecule has 1 saturated heterocycles. The van der Waals surface area contributed by atoms with E-state index >= 15 is 0 Å². The van der Waals surface area contributed by atoms with E-state index < -0.39 is 0 Å². The van der Waals surface area contributed by atoms with Crippen LogP contribution >= 0.6 is 0 Å². The summed E-state index contributed by atoms with van der Waals surface area (Å²) < 4.78 is 5.48. The van der Waals surface area contributed by atoms with Crippen LogP contribution in [0.2, 0.25) is 0 Å². The third-order valence-corrected chi connectivity index (χ3v) is 4.44. The zero-order valence-electron chi connectivity index (χ0n) is 15.1. The smallest absolute Gasteiger partial charge is 0.274 e. The van der Waals surface area contributed by atoms with E-state index in [0.29, 0.717) is 31.7 Å². The van der Waals surface area contributed by atoms with Gasteiger partial charge in [-0.05, 0) is 38.0 Å². The van der Waals surface area contributed by atoms with Crippen LogP contribution < -0.4 is 15.6 Å². The average Bonchev–Trinajstić information content (AvgIpc) is 2.68. The lowest BCUT2D eigenvalue weighted by Gasteiger charge is -2.32. The Morgan fingerprint density at radius 2 is 1.89 bits per heavy atom. The lowest BCUT2D eigenvalue weighted by molar-refractivity contribution is -0.124. The molecule has 0 atom stereocenters. The van der Waals surface area contributed by atoms with Crippen LogP contribution in [0.5, 0.6) is 5.75 Å². The average molecular weight is 370 g/mol. The van der Waals surface area contributed by atoms with Crippen LogP contribution in [0.15, 0.2) is 41.2 Å². The molecule has 8 nitrogen and oxygen atoms in total. The molecule has 0 bridgehead atoms. The molecule has 1 fully saturated rings. The third kappa shape index (κ3) is 5.16. The molecule has 2 aromatic rings. The van der Waals surface area contributed by atoms with Crippen LogP contribution in [0.3, 0.4) is 0 Å². The number of ether oxygens (including phenoxy) is 1. The van der Waals surface area contributed by atoms with Crippen molar-refractivity contribution in [2.45, 2.75) is 25.8 Å². The molecule has 0 spiro atoms. The van der Waals surface area contributed by atoms with Crippen LogP contribution in [0.25, 0.3) is 0 Å². The van der Waals surface area contributed by atoms with E-state index in [0.717, 1.165) is 5.56 Å². The van der Waals surface area contributed by atoms with Crippen LogP contribution in [0.1, 0.15) is 28.9 Å². The predicted octanol–water partition coefficient (Wildman–Crippen LogP) is 0.878. The summed E-state index contributed by atoms with van der Waals surface area (Å²) in [5, 5.41) is 8.97. The van der Waals surface area contributed by atoms with Crippen molar-refractivity contribution >= 4 is 11.8 Å². The van der Waals surface area contributed by atoms with Crippen molar-refractivity contribution in [1.29, 1.82) is 0 Å². The molecule has 2 N–H and O–H groups in total. The summed E-state index contributed by atoms with van der Waals surface area (Å²) in [6.45, 7) is 2.98. The minimum atomic E-state index is -0.346. The Bertz CT molecular complexity index is 834. The summed E-state index contributed by atoms with van der Waals surface area (Å²) in [6.07, 6.45) is 1.32. The van der Waals surface area contributed by atoms with Crippen LogP contribution in [-0.4, -0.2) is 52.6 Å². The lowest BCUT2D eigenvalue weighted by Crippen LogP contribution is -2.47. The number of likely N-dealkylation sites (tertiary alicyclic amines) is 1. The van der Waals surface area contributed by atoms with E-state index in [9.17, 15) is 14.4 Å². The van der Waals surface area contributed by atoms with Gasteiger partial charge in [0.15, 0.2) is 6.61 Å². The summed E-state index contributed by atoms with van der Waals surface area (Å²) >= 11 is 0. The Morgan fingerprint density at radius 3 is 2.52 bits per heavy atom. The first-order chi connectivity index (χ1) is 13.0. The number of benzene rings is 1. The fraction of sp³-hybridized carbons (Fsp3) is 0.368. The van der Waals surface area contributed by atoms with Gasteiger partial charge in [0.2, 0.25) is 0 Å². The van der Waals surface area contributed by atoms with Crippen molar-refractivity contribution < 1.29 is 14.3 Å². The molecular formula is C19H22N4O4. The number of rotatable bonds is 5. The van der Waals surface area contributed by atoms with Crippen LogP contribution in [0, 0.1) is 6.92 Å². The molecule has 27 heavy (non-hydrogen) atoms. The number of nitrogens with zero attached hydrogens (tertiary/aromatic N) is 2. The molecular weight excluding hydrogens is 348 g/mol. The number of aromatic amines is 1. The van der Waals surface area contributed by atoms with Gasteiger partial charge in [-0.15, -0.1) is 0 Å². The Labute approximate surface area is 156 Å². The first-order valence-corrected chi connectivity index (χ1v) is 8.85. The first kappa shape index (κ1) is 18.6. The maximum absolute atomic E-state index is 12.4. The van der Waals surface area contributed by atoms with Gasteiger partial charge in [-0.3, -0.25) is 14.4 Å². The van der Waals surface area contributed by atoms with Crippen molar-refractivity contribution in [1.82, 2.24) is 20.4 Å². The number of amides is 2. The van der Waals surface area contributed by atoms with Gasteiger partial charge in [0.25, 0.3) is 17.4 Å². The second-order valence-corrected chi connectivity index (χ2v) is 6.54. The van der Waals surface area contributed by atoms with E-state index in [1.54, 1.807) is 4.90 Å². The van der Waals surface area contributed by atoms with Gasteiger partial charge < -0.3 is 15.0 Å². The van der Waals surface area contributed by atoms with Gasteiger partial charge in [0, 0.05) is 25.2 Å². The van der Waals surface area contributed by atoms with E-state index in [-0.39, 0.29) is 35.7 Å². The number of hydrogen-bond acceptors (Lipinski definition) is 5. The van der Waals surface area contributed by atoms with Gasteiger partial charge in [-0.1, -0.05) is 17.7 Å². The molecule has 2 amide bonds. The maximum atomic E-state index is 12.4. The highest BCUT2D eigenvalue weighted by Crippen LogP contribution is 2.14. The summed E-state index contributed by atoms with van der Waals surface area (Å²) in [7, 11) is 0. The number of nitrogens with one attached hydrogen (secondary N) is 2. The standard InChI is InChI=1S/C19H22N4O4/c1-13-2-4-15(5-3-13)27-12-18(25)20-14-8-10-23(11-9-14)19(26)16-6-7-17(24)22-21-16/h2-7,14H,8-12H2,1H3,(H,20,25)(H,22,24). The monoisotopic (exact) mass is 370 g/mol. The van der Waals surface area contributed by atoms with Crippen molar-refractivity contribution in [2.24, 2.45) is 0 Å². The molecule has 1 aliphatic heterocycles. The highest BCUT2D eigenvalue weighted by molar-refractivity contribution is 5.92. The lowest BCUT2D eigenvalue weighted by atomic mass is 10.0. The fourth-order valence-electron chi connectivity index (χ4n) is 2.91. The minimum Gasteiger partial charge on any atom is -0.484 e. The van der Waals surface area contributed by atoms with Crippen molar-refractivity contribution in [3.8, 4) is 5.75 Å². The Morgan fingerprint density at radius 1 is 1.19 bits per heavy atom. The molecule has 1 aliphatic rings. The molecule has 1 aromatic carbocycles. The van der Waals surface area contributed by atoms with Crippen molar-refractivity contribution in [3.05, 3.63) is 58.0 Å². The zero-order chi connectivity index (χ0) is 19.2. The van der Waals surface area contributed by atoms with E-state index in [4.69, 9.17) is 4.74 Å². The second kappa shape index (κ2) is 8.48. The minimum absolute atomic E-state index is 0.00621. The second-order valence-electron chi connectivity index (χ2n) is 6.54. The number of carbonyl (C=O) groups excluding carboxylic acids is 2. The first-order valence-electron chi connectivity index (χ1n) is 8.85. The number of carbonyl (C=O) groups is 2. The summed E-state index contributed by atoms with van der Waals surface area (Å²) in [4.78, 5) is 37.1. The van der Waals surface area contributed by atoms with Crippen molar-refractivity contribution in [2.75, 3.05) is 19.7 Å². The third-order valence-electron chi connectivity index (χ3n) is 4.44. The van der Waals surface area contributed by atoms with Gasteiger partial charge >= 0.3 is 0 Å². The van der Waals surface area contributed by atoms with E-state index in [2.05, 4.69) is 15.5 Å². The SMILES string of the molecule is Cc1ccc(OCC(=O)NC2CCN(C(=O)c3ccc(=O)[nH]n3)CC2)cc1. The van der Waals surface area contributed by atoms with Gasteiger partial charge in [-0.25, -0.2) is 5.10 Å². The number of aryl methyl sites for hydroxylation is 1. The Kier molecular flexibility index (Phi) is 5.85. The highest BCUT2D eigenvalue weighted by atomic mass is 16.5. The largest absolute Gasteiger partial charge is 0.484 e. The normalized spacial score (nSPS) is 14.6. The highest BCUT2D eigenvalue weighted by Gasteiger charge is 2.25. The molecule has 1 aromatic heterocycles. The molecule has 0 unspecified atom stereocenters. The van der Waals surface area contributed by atoms with E-state index in [1.807, 2.05) is 31.2 Å².